The summed E-state index contributed by atoms with van der Waals surface area (Å²) in [5.74, 6) is 0.498. The number of aromatic nitrogens is 2. The minimum Gasteiger partial charge on any atom is -0.457 e. The van der Waals surface area contributed by atoms with Crippen LogP contribution in [0.25, 0.3) is 0 Å². The van der Waals surface area contributed by atoms with Gasteiger partial charge in [0.05, 0.1) is 6.42 Å². The van der Waals surface area contributed by atoms with Crippen molar-refractivity contribution in [2.24, 2.45) is 0 Å². The van der Waals surface area contributed by atoms with Gasteiger partial charge in [-0.1, -0.05) is 56.8 Å². The van der Waals surface area contributed by atoms with E-state index in [0.29, 0.717) is 23.7 Å². The Kier molecular flexibility index (Phi) is 5.69. The van der Waals surface area contributed by atoms with Gasteiger partial charge in [0.25, 0.3) is 0 Å². The molecule has 0 spiro atoms. The van der Waals surface area contributed by atoms with Gasteiger partial charge in [0.2, 0.25) is 5.89 Å². The molecule has 0 fully saturated rings. The first-order valence-electron chi connectivity index (χ1n) is 8.76. The Labute approximate surface area is 155 Å². The smallest absolute Gasteiger partial charge is 0.334 e. The first-order chi connectivity index (χ1) is 11.9. The number of nitrogens with zero attached hydrogens (tertiary/aromatic N) is 2. The number of hydrogen-bond donors (Lipinski definition) is 0. The van der Waals surface area contributed by atoms with Crippen molar-refractivity contribution >= 4 is 5.97 Å². The van der Waals surface area contributed by atoms with Crippen molar-refractivity contribution in [3.8, 4) is 0 Å². The van der Waals surface area contributed by atoms with E-state index >= 15 is 0 Å². The van der Waals surface area contributed by atoms with Crippen LogP contribution in [-0.4, -0.2) is 21.7 Å². The molecule has 5 nitrogen and oxygen atoms in total. The zero-order chi connectivity index (χ0) is 19.5. The van der Waals surface area contributed by atoms with Crippen LogP contribution in [0.3, 0.4) is 0 Å². The third kappa shape index (κ3) is 5.83. The molecule has 140 valence electrons. The van der Waals surface area contributed by atoms with E-state index in [4.69, 9.17) is 9.26 Å². The van der Waals surface area contributed by atoms with Gasteiger partial charge < -0.3 is 9.26 Å². The topological polar surface area (TPSA) is 65.2 Å². The second kappa shape index (κ2) is 7.44. The van der Waals surface area contributed by atoms with Gasteiger partial charge in [-0.2, -0.15) is 4.98 Å². The molecule has 0 atom stereocenters. The molecule has 2 aromatic rings. The van der Waals surface area contributed by atoms with Crippen LogP contribution in [0, 0.1) is 0 Å². The fourth-order valence-electron chi connectivity index (χ4n) is 2.34. The van der Waals surface area contributed by atoms with E-state index in [0.717, 1.165) is 5.56 Å². The van der Waals surface area contributed by atoms with Crippen LogP contribution in [0.15, 0.2) is 40.9 Å². The summed E-state index contributed by atoms with van der Waals surface area (Å²) < 4.78 is 10.5. The highest BCUT2D eigenvalue weighted by Crippen LogP contribution is 2.22. The molecule has 5 heteroatoms. The molecule has 0 amide bonds. The number of rotatable bonds is 5. The van der Waals surface area contributed by atoms with Crippen LogP contribution < -0.4 is 0 Å². The molecule has 0 aliphatic carbocycles. The van der Waals surface area contributed by atoms with Crippen molar-refractivity contribution in [2.75, 3.05) is 0 Å². The second-order valence-corrected chi connectivity index (χ2v) is 8.51. The van der Waals surface area contributed by atoms with Crippen LogP contribution >= 0.6 is 0 Å². The second-order valence-electron chi connectivity index (χ2n) is 8.51. The molecule has 1 heterocycles. The lowest BCUT2D eigenvalue weighted by molar-refractivity contribution is -0.150. The molecule has 1 aromatic carbocycles. The van der Waals surface area contributed by atoms with Gasteiger partial charge >= 0.3 is 5.97 Å². The van der Waals surface area contributed by atoms with Crippen LogP contribution in [0.1, 0.15) is 64.4 Å². The summed E-state index contributed by atoms with van der Waals surface area (Å²) in [6.45, 7) is 15.8. The highest BCUT2D eigenvalue weighted by atomic mass is 16.6. The SMILES string of the molecule is C=C(Cc1nc(Cc2ccc(C(C)(C)C)cc2)no1)C(=O)OC(C)(C)C. The number of hydrogen-bond acceptors (Lipinski definition) is 5. The summed E-state index contributed by atoms with van der Waals surface area (Å²) in [5, 5.41) is 3.99. The first kappa shape index (κ1) is 19.9. The van der Waals surface area contributed by atoms with Crippen molar-refractivity contribution in [2.45, 2.75) is 65.4 Å². The standard InChI is InChI=1S/C21H28N2O3/c1-14(19(24)25-21(5,6)7)12-18-22-17(23-26-18)13-15-8-10-16(11-9-15)20(2,3)4/h8-11H,1,12-13H2,2-7H3. The first-order valence-corrected chi connectivity index (χ1v) is 8.76. The Hall–Kier alpha value is -2.43. The summed E-state index contributed by atoms with van der Waals surface area (Å²) in [7, 11) is 0. The molecular weight excluding hydrogens is 328 g/mol. The average molecular weight is 356 g/mol. The van der Waals surface area contributed by atoms with E-state index in [1.165, 1.54) is 5.56 Å². The molecule has 0 saturated heterocycles. The van der Waals surface area contributed by atoms with Crippen molar-refractivity contribution in [1.29, 1.82) is 0 Å². The minimum absolute atomic E-state index is 0.125. The lowest BCUT2D eigenvalue weighted by Crippen LogP contribution is -2.25. The van der Waals surface area contributed by atoms with Gasteiger partial charge in [-0.25, -0.2) is 4.79 Å². The Morgan fingerprint density at radius 1 is 1.12 bits per heavy atom. The molecule has 0 unspecified atom stereocenters. The highest BCUT2D eigenvalue weighted by molar-refractivity contribution is 5.88. The maximum Gasteiger partial charge on any atom is 0.334 e. The van der Waals surface area contributed by atoms with E-state index in [-0.39, 0.29) is 11.8 Å². The van der Waals surface area contributed by atoms with Crippen LogP contribution in [0.4, 0.5) is 0 Å². The monoisotopic (exact) mass is 356 g/mol. The maximum atomic E-state index is 12.0. The van der Waals surface area contributed by atoms with Gasteiger partial charge in [-0.05, 0) is 37.3 Å². The Balaban J connectivity index is 1.97. The maximum absolute atomic E-state index is 12.0. The quantitative estimate of drug-likeness (QED) is 0.587. The lowest BCUT2D eigenvalue weighted by Gasteiger charge is -2.19. The van der Waals surface area contributed by atoms with Gasteiger partial charge in [-0.15, -0.1) is 0 Å². The minimum atomic E-state index is -0.556. The van der Waals surface area contributed by atoms with E-state index in [2.05, 4.69) is 61.8 Å². The fraction of sp³-hybridized carbons (Fsp3) is 0.476. The summed E-state index contributed by atoms with van der Waals surface area (Å²) in [4.78, 5) is 16.3. The van der Waals surface area contributed by atoms with Crippen LogP contribution in [0.2, 0.25) is 0 Å². The van der Waals surface area contributed by atoms with Gasteiger partial charge in [0, 0.05) is 12.0 Å². The van der Waals surface area contributed by atoms with Crippen molar-refractivity contribution in [1.82, 2.24) is 10.1 Å². The van der Waals surface area contributed by atoms with Gasteiger partial charge in [-0.3, -0.25) is 0 Å². The summed E-state index contributed by atoms with van der Waals surface area (Å²) in [5.41, 5.74) is 2.25. The number of carbonyl (C=O) groups is 1. The molecule has 0 aliphatic heterocycles. The zero-order valence-electron chi connectivity index (χ0n) is 16.5. The lowest BCUT2D eigenvalue weighted by atomic mass is 9.86. The number of esters is 1. The van der Waals surface area contributed by atoms with Crippen molar-refractivity contribution < 1.29 is 14.1 Å². The molecule has 0 aliphatic rings. The predicted octanol–water partition coefficient (Wildman–Crippen LogP) is 4.40. The van der Waals surface area contributed by atoms with Crippen molar-refractivity contribution in [3.63, 3.8) is 0 Å². The molecule has 2 rings (SSSR count). The average Bonchev–Trinajstić information content (AvgIpc) is 2.92. The summed E-state index contributed by atoms with van der Waals surface area (Å²) in [6.07, 6.45) is 0.762. The number of carbonyl (C=O) groups excluding carboxylic acids is 1. The van der Waals surface area contributed by atoms with Gasteiger partial charge in [0.15, 0.2) is 5.82 Å². The predicted molar refractivity (Wildman–Crippen MR) is 101 cm³/mol. The largest absolute Gasteiger partial charge is 0.457 e. The molecule has 0 saturated carbocycles. The number of benzene rings is 1. The molecule has 26 heavy (non-hydrogen) atoms. The molecule has 0 N–H and O–H groups in total. The van der Waals surface area contributed by atoms with E-state index in [1.54, 1.807) is 0 Å². The number of ether oxygens (including phenoxy) is 1. The van der Waals surface area contributed by atoms with Crippen LogP contribution in [0.5, 0.6) is 0 Å². The molecule has 1 aromatic heterocycles. The normalized spacial score (nSPS) is 12.1. The van der Waals surface area contributed by atoms with Crippen LogP contribution in [-0.2, 0) is 27.8 Å². The van der Waals surface area contributed by atoms with E-state index in [1.807, 2.05) is 20.8 Å². The third-order valence-electron chi connectivity index (χ3n) is 3.74. The van der Waals surface area contributed by atoms with E-state index in [9.17, 15) is 4.79 Å². The molecular formula is C21H28N2O3. The summed E-state index contributed by atoms with van der Waals surface area (Å²) >= 11 is 0. The Morgan fingerprint density at radius 3 is 2.27 bits per heavy atom. The van der Waals surface area contributed by atoms with E-state index < -0.39 is 11.6 Å². The fourth-order valence-corrected chi connectivity index (χ4v) is 2.34. The Bertz CT molecular complexity index is 775. The molecule has 0 radical (unpaired) electrons. The summed E-state index contributed by atoms with van der Waals surface area (Å²) in [6, 6.07) is 8.41. The van der Waals surface area contributed by atoms with Gasteiger partial charge in [0.1, 0.15) is 5.60 Å². The third-order valence-corrected chi connectivity index (χ3v) is 3.74. The van der Waals surface area contributed by atoms with Crippen molar-refractivity contribution in [3.05, 3.63) is 59.3 Å². The Morgan fingerprint density at radius 2 is 1.73 bits per heavy atom. The molecule has 0 bridgehead atoms. The zero-order valence-corrected chi connectivity index (χ0v) is 16.5. The highest BCUT2D eigenvalue weighted by Gasteiger charge is 2.20.